The third kappa shape index (κ3) is 5.38. The van der Waals surface area contributed by atoms with E-state index < -0.39 is 0 Å². The molecule has 0 radical (unpaired) electrons. The number of oxazole rings is 1. The number of aryl methyl sites for hydroxylation is 1. The van der Waals surface area contributed by atoms with Crippen molar-refractivity contribution in [3.05, 3.63) is 41.8 Å². The number of hydrogen-bond donors (Lipinski definition) is 2. The van der Waals surface area contributed by atoms with Crippen LogP contribution in [-0.2, 0) is 11.2 Å². The maximum atomic E-state index is 5.57. The number of aliphatic imine (C=N–C) groups is 1. The first kappa shape index (κ1) is 18.0. The monoisotopic (exact) mass is 330 g/mol. The third-order valence-corrected chi connectivity index (χ3v) is 3.55. The van der Waals surface area contributed by atoms with E-state index in [1.54, 1.807) is 20.4 Å². The van der Waals surface area contributed by atoms with Gasteiger partial charge in [-0.15, -0.1) is 0 Å². The second kappa shape index (κ2) is 9.08. The quantitative estimate of drug-likeness (QED) is 0.602. The fourth-order valence-electron chi connectivity index (χ4n) is 2.28. The minimum Gasteiger partial charge on any atom is -0.444 e. The molecule has 130 valence electrons. The van der Waals surface area contributed by atoms with Crippen molar-refractivity contribution < 1.29 is 9.15 Å². The third-order valence-electron chi connectivity index (χ3n) is 3.55. The van der Waals surface area contributed by atoms with Crippen LogP contribution >= 0.6 is 0 Å². The van der Waals surface area contributed by atoms with Gasteiger partial charge in [0.25, 0.3) is 0 Å². The van der Waals surface area contributed by atoms with Crippen LogP contribution in [-0.4, -0.2) is 44.3 Å². The van der Waals surface area contributed by atoms with Crippen LogP contribution in [0.5, 0.6) is 0 Å². The highest BCUT2D eigenvalue weighted by Gasteiger charge is 2.08. The molecule has 6 nitrogen and oxygen atoms in total. The molecule has 6 heteroatoms. The number of benzene rings is 1. The SMILES string of the molecule is CN=C(NCCc1coc(-c2ccc(C)cc2)n1)NC(C)COC. The van der Waals surface area contributed by atoms with Crippen molar-refractivity contribution in [3.8, 4) is 11.5 Å². The average Bonchev–Trinajstić information content (AvgIpc) is 3.03. The highest BCUT2D eigenvalue weighted by molar-refractivity contribution is 5.79. The summed E-state index contributed by atoms with van der Waals surface area (Å²) in [7, 11) is 3.44. The summed E-state index contributed by atoms with van der Waals surface area (Å²) in [6, 6.07) is 8.34. The van der Waals surface area contributed by atoms with E-state index in [2.05, 4.69) is 39.7 Å². The number of methoxy groups -OCH3 is 1. The van der Waals surface area contributed by atoms with Crippen LogP contribution in [0.2, 0.25) is 0 Å². The highest BCUT2D eigenvalue weighted by atomic mass is 16.5. The Morgan fingerprint density at radius 1 is 1.33 bits per heavy atom. The lowest BCUT2D eigenvalue weighted by Crippen LogP contribution is -2.44. The Morgan fingerprint density at radius 3 is 2.75 bits per heavy atom. The number of nitrogens with one attached hydrogen (secondary N) is 2. The molecule has 2 rings (SSSR count). The Bertz CT molecular complexity index is 649. The minimum absolute atomic E-state index is 0.196. The summed E-state index contributed by atoms with van der Waals surface area (Å²) in [6.07, 6.45) is 2.47. The lowest BCUT2D eigenvalue weighted by atomic mass is 10.1. The first-order chi connectivity index (χ1) is 11.6. The van der Waals surface area contributed by atoms with E-state index >= 15 is 0 Å². The molecular formula is C18H26N4O2. The minimum atomic E-state index is 0.196. The molecule has 0 bridgehead atoms. The van der Waals surface area contributed by atoms with E-state index in [1.165, 1.54) is 5.56 Å². The predicted molar refractivity (Wildman–Crippen MR) is 96.2 cm³/mol. The summed E-state index contributed by atoms with van der Waals surface area (Å²) >= 11 is 0. The molecule has 0 fully saturated rings. The van der Waals surface area contributed by atoms with Crippen molar-refractivity contribution in [1.29, 1.82) is 0 Å². The topological polar surface area (TPSA) is 71.7 Å². The van der Waals surface area contributed by atoms with Gasteiger partial charge in [0.2, 0.25) is 5.89 Å². The van der Waals surface area contributed by atoms with E-state index in [4.69, 9.17) is 9.15 Å². The van der Waals surface area contributed by atoms with Gasteiger partial charge in [-0.2, -0.15) is 0 Å². The Labute approximate surface area is 143 Å². The van der Waals surface area contributed by atoms with E-state index in [-0.39, 0.29) is 6.04 Å². The molecule has 0 amide bonds. The van der Waals surface area contributed by atoms with Gasteiger partial charge in [0, 0.05) is 38.7 Å². The number of nitrogens with zero attached hydrogens (tertiary/aromatic N) is 2. The molecular weight excluding hydrogens is 304 g/mol. The second-order valence-electron chi connectivity index (χ2n) is 5.76. The Morgan fingerprint density at radius 2 is 2.08 bits per heavy atom. The van der Waals surface area contributed by atoms with Crippen LogP contribution in [0, 0.1) is 6.92 Å². The van der Waals surface area contributed by atoms with Crippen molar-refractivity contribution in [2.24, 2.45) is 4.99 Å². The van der Waals surface area contributed by atoms with Crippen LogP contribution in [0.15, 0.2) is 39.9 Å². The van der Waals surface area contributed by atoms with Crippen molar-refractivity contribution in [2.45, 2.75) is 26.3 Å². The highest BCUT2D eigenvalue weighted by Crippen LogP contribution is 2.19. The zero-order chi connectivity index (χ0) is 17.4. The summed E-state index contributed by atoms with van der Waals surface area (Å²) in [5.41, 5.74) is 3.13. The van der Waals surface area contributed by atoms with Gasteiger partial charge in [0.1, 0.15) is 6.26 Å². The van der Waals surface area contributed by atoms with Crippen molar-refractivity contribution >= 4 is 5.96 Å². The van der Waals surface area contributed by atoms with Gasteiger partial charge in [-0.05, 0) is 26.0 Å². The number of hydrogen-bond acceptors (Lipinski definition) is 4. The lowest BCUT2D eigenvalue weighted by molar-refractivity contribution is 0.179. The zero-order valence-corrected chi connectivity index (χ0v) is 14.8. The molecule has 2 aromatic rings. The number of guanidine groups is 1. The summed E-state index contributed by atoms with van der Waals surface area (Å²) in [5, 5.41) is 6.53. The summed E-state index contributed by atoms with van der Waals surface area (Å²) in [6.45, 7) is 5.45. The number of rotatable bonds is 7. The van der Waals surface area contributed by atoms with Crippen LogP contribution in [0.25, 0.3) is 11.5 Å². The normalized spacial score (nSPS) is 12.9. The van der Waals surface area contributed by atoms with Gasteiger partial charge in [0.15, 0.2) is 5.96 Å². The largest absolute Gasteiger partial charge is 0.444 e. The summed E-state index contributed by atoms with van der Waals surface area (Å²) in [5.74, 6) is 1.41. The van der Waals surface area contributed by atoms with Crippen molar-refractivity contribution in [1.82, 2.24) is 15.6 Å². The fraction of sp³-hybridized carbons (Fsp3) is 0.444. The van der Waals surface area contributed by atoms with Crippen LogP contribution in [0.1, 0.15) is 18.2 Å². The van der Waals surface area contributed by atoms with Crippen molar-refractivity contribution in [2.75, 3.05) is 27.3 Å². The molecule has 0 spiro atoms. The molecule has 0 aliphatic carbocycles. The molecule has 1 unspecified atom stereocenters. The van der Waals surface area contributed by atoms with E-state index in [0.717, 1.165) is 30.2 Å². The van der Waals surface area contributed by atoms with Gasteiger partial charge in [-0.3, -0.25) is 4.99 Å². The predicted octanol–water partition coefficient (Wildman–Crippen LogP) is 2.39. The molecule has 1 atom stereocenters. The lowest BCUT2D eigenvalue weighted by Gasteiger charge is -2.16. The molecule has 0 aliphatic heterocycles. The summed E-state index contributed by atoms with van der Waals surface area (Å²) < 4.78 is 10.7. The molecule has 24 heavy (non-hydrogen) atoms. The smallest absolute Gasteiger partial charge is 0.226 e. The molecule has 1 heterocycles. The van der Waals surface area contributed by atoms with Crippen LogP contribution in [0.3, 0.4) is 0 Å². The Hall–Kier alpha value is -2.34. The molecule has 0 aliphatic rings. The van der Waals surface area contributed by atoms with Crippen LogP contribution in [0.4, 0.5) is 0 Å². The maximum Gasteiger partial charge on any atom is 0.226 e. The van der Waals surface area contributed by atoms with Gasteiger partial charge in [-0.1, -0.05) is 17.7 Å². The number of aromatic nitrogens is 1. The molecule has 0 saturated heterocycles. The van der Waals surface area contributed by atoms with E-state index in [0.29, 0.717) is 12.5 Å². The van der Waals surface area contributed by atoms with Gasteiger partial charge >= 0.3 is 0 Å². The second-order valence-corrected chi connectivity index (χ2v) is 5.76. The number of ether oxygens (including phenoxy) is 1. The summed E-state index contributed by atoms with van der Waals surface area (Å²) in [4.78, 5) is 8.73. The molecule has 0 saturated carbocycles. The Balaban J connectivity index is 1.83. The molecule has 1 aromatic heterocycles. The van der Waals surface area contributed by atoms with E-state index in [1.807, 2.05) is 19.1 Å². The van der Waals surface area contributed by atoms with Crippen molar-refractivity contribution in [3.63, 3.8) is 0 Å². The zero-order valence-electron chi connectivity index (χ0n) is 14.8. The van der Waals surface area contributed by atoms with Crippen LogP contribution < -0.4 is 10.6 Å². The first-order valence-electron chi connectivity index (χ1n) is 8.10. The Kier molecular flexibility index (Phi) is 6.81. The fourth-order valence-corrected chi connectivity index (χ4v) is 2.28. The average molecular weight is 330 g/mol. The first-order valence-corrected chi connectivity index (χ1v) is 8.10. The van der Waals surface area contributed by atoms with Gasteiger partial charge in [-0.25, -0.2) is 4.98 Å². The van der Waals surface area contributed by atoms with E-state index in [9.17, 15) is 0 Å². The van der Waals surface area contributed by atoms with Gasteiger partial charge < -0.3 is 19.8 Å². The standard InChI is InChI=1S/C18H26N4O2/c1-13-5-7-15(8-6-13)17-22-16(12-24-17)9-10-20-18(19-3)21-14(2)11-23-4/h5-8,12,14H,9-11H2,1-4H3,(H2,19,20,21). The molecule has 1 aromatic carbocycles. The van der Waals surface area contributed by atoms with Gasteiger partial charge in [0.05, 0.1) is 12.3 Å². The molecule has 2 N–H and O–H groups in total. The maximum absolute atomic E-state index is 5.57.